The van der Waals surface area contributed by atoms with Gasteiger partial charge in [0.1, 0.15) is 17.0 Å². The van der Waals surface area contributed by atoms with E-state index in [0.29, 0.717) is 18.1 Å². The number of hydrogen-bond donors (Lipinski definition) is 0. The van der Waals surface area contributed by atoms with Crippen LogP contribution in [0.4, 0.5) is 0 Å². The van der Waals surface area contributed by atoms with Gasteiger partial charge in [0.15, 0.2) is 11.6 Å². The molecule has 0 aliphatic rings. The molecule has 0 atom stereocenters. The van der Waals surface area contributed by atoms with Gasteiger partial charge in [-0.15, -0.1) is 11.3 Å². The molecule has 12 aromatic rings. The second kappa shape index (κ2) is 13.1. The number of rotatable bonds is 6. The summed E-state index contributed by atoms with van der Waals surface area (Å²) in [6, 6.07) is 64.1. The first-order valence-corrected chi connectivity index (χ1v) is 20.3. The van der Waals surface area contributed by atoms with E-state index in [-0.39, 0.29) is 0 Å². The van der Waals surface area contributed by atoms with Crippen LogP contribution >= 0.6 is 11.3 Å². The maximum absolute atomic E-state index is 6.74. The molecule has 58 heavy (non-hydrogen) atoms. The summed E-state index contributed by atoms with van der Waals surface area (Å²) in [4.78, 5) is 15.0. The van der Waals surface area contributed by atoms with E-state index in [9.17, 15) is 0 Å². The van der Waals surface area contributed by atoms with Crippen LogP contribution in [0.3, 0.4) is 0 Å². The van der Waals surface area contributed by atoms with Crippen LogP contribution in [-0.2, 0) is 6.42 Å². The van der Waals surface area contributed by atoms with Crippen LogP contribution < -0.4 is 0 Å². The van der Waals surface area contributed by atoms with Crippen LogP contribution in [0.5, 0.6) is 0 Å². The minimum absolute atomic E-state index is 0.572. The summed E-state index contributed by atoms with van der Waals surface area (Å²) >= 11 is 1.82. The van der Waals surface area contributed by atoms with E-state index in [1.54, 1.807) is 0 Å². The zero-order chi connectivity index (χ0) is 38.2. The summed E-state index contributed by atoms with van der Waals surface area (Å²) in [5.41, 5.74) is 10.6. The molecule has 12 rings (SSSR count). The van der Waals surface area contributed by atoms with E-state index >= 15 is 0 Å². The fraction of sp³-hybridized carbons (Fsp3) is 0.0192. The van der Waals surface area contributed by atoms with Crippen molar-refractivity contribution in [1.82, 2.24) is 19.5 Å². The molecule has 0 saturated carbocycles. The summed E-state index contributed by atoms with van der Waals surface area (Å²) in [6.07, 6.45) is 0.572. The van der Waals surface area contributed by atoms with Gasteiger partial charge in [-0.25, -0.2) is 15.0 Å². The van der Waals surface area contributed by atoms with E-state index in [2.05, 4.69) is 150 Å². The Morgan fingerprint density at radius 2 is 1.12 bits per heavy atom. The molecular formula is C52H32N4OS. The van der Waals surface area contributed by atoms with E-state index < -0.39 is 0 Å². The zero-order valence-electron chi connectivity index (χ0n) is 31.1. The van der Waals surface area contributed by atoms with Gasteiger partial charge >= 0.3 is 0 Å². The normalized spacial score (nSPS) is 11.9. The van der Waals surface area contributed by atoms with Crippen molar-refractivity contribution in [3.63, 3.8) is 0 Å². The van der Waals surface area contributed by atoms with Gasteiger partial charge in [-0.3, -0.25) is 0 Å². The molecular weight excluding hydrogens is 729 g/mol. The van der Waals surface area contributed by atoms with Crippen LogP contribution in [0.15, 0.2) is 186 Å². The lowest BCUT2D eigenvalue weighted by Crippen LogP contribution is -2.04. The van der Waals surface area contributed by atoms with E-state index in [0.717, 1.165) is 55.7 Å². The van der Waals surface area contributed by atoms with Crippen molar-refractivity contribution in [2.24, 2.45) is 0 Å². The Kier molecular flexibility index (Phi) is 7.40. The van der Waals surface area contributed by atoms with Crippen LogP contribution in [0.25, 0.3) is 104 Å². The Hall–Kier alpha value is -7.41. The van der Waals surface area contributed by atoms with Crippen LogP contribution in [-0.4, -0.2) is 19.5 Å². The summed E-state index contributed by atoms with van der Waals surface area (Å²) in [7, 11) is 0. The predicted molar refractivity (Wildman–Crippen MR) is 240 cm³/mol. The molecule has 0 aliphatic carbocycles. The highest BCUT2D eigenvalue weighted by atomic mass is 32.1. The number of para-hydroxylation sites is 3. The molecule has 0 fully saturated rings. The topological polar surface area (TPSA) is 56.7 Å². The SMILES string of the molecule is c1ccc(-c2nc(Cc3cccc4sc5ccc(-c6cccc7c6oc6ccc(-n8c9ccccc9c9ccccc98)cc67)cc5c34)nc(-c3ccccc3)n2)cc1. The maximum Gasteiger partial charge on any atom is 0.163 e. The van der Waals surface area contributed by atoms with Crippen LogP contribution in [0.1, 0.15) is 11.4 Å². The molecule has 0 unspecified atom stereocenters. The van der Waals surface area contributed by atoms with Crippen molar-refractivity contribution >= 4 is 75.3 Å². The van der Waals surface area contributed by atoms with Gasteiger partial charge in [0, 0.05) is 70.5 Å². The first-order valence-electron chi connectivity index (χ1n) is 19.5. The van der Waals surface area contributed by atoms with Crippen molar-refractivity contribution in [3.8, 4) is 39.6 Å². The first-order chi connectivity index (χ1) is 28.7. The van der Waals surface area contributed by atoms with Gasteiger partial charge in [0.05, 0.1) is 11.0 Å². The van der Waals surface area contributed by atoms with Crippen LogP contribution in [0.2, 0.25) is 0 Å². The van der Waals surface area contributed by atoms with Crippen molar-refractivity contribution in [2.75, 3.05) is 0 Å². The average molecular weight is 761 g/mol. The van der Waals surface area contributed by atoms with Crippen LogP contribution in [0, 0.1) is 0 Å². The fourth-order valence-electron chi connectivity index (χ4n) is 8.67. The third-order valence-corrected chi connectivity index (χ3v) is 12.4. The number of nitrogens with zero attached hydrogens (tertiary/aromatic N) is 4. The Bertz CT molecular complexity index is 3440. The van der Waals surface area contributed by atoms with Crippen molar-refractivity contribution in [1.29, 1.82) is 0 Å². The molecule has 272 valence electrons. The molecule has 6 heteroatoms. The molecule has 0 radical (unpaired) electrons. The Labute approximate surface area is 337 Å². The quantitative estimate of drug-likeness (QED) is 0.169. The minimum Gasteiger partial charge on any atom is -0.455 e. The number of furan rings is 1. The average Bonchev–Trinajstić information content (AvgIpc) is 3.96. The van der Waals surface area contributed by atoms with E-state index in [4.69, 9.17) is 19.4 Å². The number of fused-ring (bicyclic) bond motifs is 9. The Morgan fingerprint density at radius 1 is 0.466 bits per heavy atom. The zero-order valence-corrected chi connectivity index (χ0v) is 31.9. The molecule has 4 aromatic heterocycles. The lowest BCUT2D eigenvalue weighted by Gasteiger charge is -2.09. The van der Waals surface area contributed by atoms with Crippen molar-refractivity contribution in [3.05, 3.63) is 193 Å². The number of hydrogen-bond acceptors (Lipinski definition) is 5. The van der Waals surface area contributed by atoms with Crippen molar-refractivity contribution < 1.29 is 4.42 Å². The second-order valence-corrected chi connectivity index (χ2v) is 15.8. The summed E-state index contributed by atoms with van der Waals surface area (Å²) in [6.45, 7) is 0. The Morgan fingerprint density at radius 3 is 1.84 bits per heavy atom. The molecule has 8 aromatic carbocycles. The Balaban J connectivity index is 0.979. The highest BCUT2D eigenvalue weighted by Crippen LogP contribution is 2.42. The largest absolute Gasteiger partial charge is 0.455 e. The number of thiophene rings is 1. The summed E-state index contributed by atoms with van der Waals surface area (Å²) < 4.78 is 11.6. The van der Waals surface area contributed by atoms with E-state index in [1.165, 1.54) is 47.5 Å². The lowest BCUT2D eigenvalue weighted by atomic mass is 9.98. The molecule has 0 saturated heterocycles. The predicted octanol–water partition coefficient (Wildman–Crippen LogP) is 13.8. The lowest BCUT2D eigenvalue weighted by molar-refractivity contribution is 0.670. The third-order valence-electron chi connectivity index (χ3n) is 11.3. The molecule has 0 amide bonds. The van der Waals surface area contributed by atoms with Gasteiger partial charge < -0.3 is 8.98 Å². The fourth-order valence-corrected chi connectivity index (χ4v) is 9.80. The molecule has 0 aliphatic heterocycles. The van der Waals surface area contributed by atoms with Gasteiger partial charge in [-0.1, -0.05) is 133 Å². The monoisotopic (exact) mass is 760 g/mol. The number of aromatic nitrogens is 4. The van der Waals surface area contributed by atoms with Gasteiger partial charge in [0.25, 0.3) is 0 Å². The first kappa shape index (κ1) is 32.8. The second-order valence-electron chi connectivity index (χ2n) is 14.7. The standard InChI is InChI=1S/C52H32N4OS/c1-3-13-32(14-4-1)51-53-48(54-52(55-51)33-15-5-2-6-16-33)30-35-17-11-24-47-49(35)42-29-34(25-28-46(42)58-47)37-20-12-21-40-41-31-36(26-27-45(41)57-50(37)40)56-43-22-9-7-18-38(43)39-19-8-10-23-44(39)56/h1-29,31H,30H2. The van der Waals surface area contributed by atoms with Crippen molar-refractivity contribution in [2.45, 2.75) is 6.42 Å². The molecule has 0 N–H and O–H groups in total. The molecule has 5 nitrogen and oxygen atoms in total. The maximum atomic E-state index is 6.74. The van der Waals surface area contributed by atoms with E-state index in [1.807, 2.05) is 47.7 Å². The third kappa shape index (κ3) is 5.26. The number of benzene rings is 8. The smallest absolute Gasteiger partial charge is 0.163 e. The highest BCUT2D eigenvalue weighted by molar-refractivity contribution is 7.25. The van der Waals surface area contributed by atoms with Gasteiger partial charge in [-0.05, 0) is 59.7 Å². The minimum atomic E-state index is 0.572. The summed E-state index contributed by atoms with van der Waals surface area (Å²) in [5, 5.41) is 7.15. The van der Waals surface area contributed by atoms with Gasteiger partial charge in [-0.2, -0.15) is 0 Å². The highest BCUT2D eigenvalue weighted by Gasteiger charge is 2.19. The molecule has 0 bridgehead atoms. The molecule has 0 spiro atoms. The summed E-state index contributed by atoms with van der Waals surface area (Å²) in [5.74, 6) is 2.09. The van der Waals surface area contributed by atoms with Gasteiger partial charge in [0.2, 0.25) is 0 Å². The molecule has 4 heterocycles.